The van der Waals surface area contributed by atoms with E-state index >= 15 is 0 Å². The van der Waals surface area contributed by atoms with Gasteiger partial charge in [0.2, 0.25) is 0 Å². The van der Waals surface area contributed by atoms with Gasteiger partial charge >= 0.3 is 0 Å². The smallest absolute Gasteiger partial charge is 0.150 e. The zero-order valence-corrected chi connectivity index (χ0v) is 11.3. The van der Waals surface area contributed by atoms with Crippen molar-refractivity contribution in [3.63, 3.8) is 0 Å². The molecule has 5 heteroatoms. The molecule has 0 spiro atoms. The van der Waals surface area contributed by atoms with Crippen LogP contribution in [0.15, 0.2) is 12.1 Å². The maximum Gasteiger partial charge on any atom is 0.150 e. The minimum Gasteiger partial charge on any atom is -0.365 e. The monoisotopic (exact) mass is 265 g/mol. The molecule has 2 unspecified atom stereocenters. The average molecular weight is 265 g/mol. The largest absolute Gasteiger partial charge is 0.365 e. The number of nitrogens with zero attached hydrogens (tertiary/aromatic N) is 3. The summed E-state index contributed by atoms with van der Waals surface area (Å²) >= 11 is 0. The molecule has 1 aromatic carbocycles. The number of nitriles is 1. The Bertz CT molecular complexity index is 499. The Morgan fingerprint density at radius 1 is 1.26 bits per heavy atom. The van der Waals surface area contributed by atoms with E-state index in [1.165, 1.54) is 0 Å². The third-order valence-corrected chi connectivity index (χ3v) is 3.70. The summed E-state index contributed by atoms with van der Waals surface area (Å²) in [5.74, 6) is -0.990. The van der Waals surface area contributed by atoms with Gasteiger partial charge in [-0.3, -0.25) is 0 Å². The van der Waals surface area contributed by atoms with Crippen LogP contribution in [0.2, 0.25) is 0 Å². The first-order valence-corrected chi connectivity index (χ1v) is 6.24. The number of benzene rings is 1. The molecular formula is C14H17F2N3. The third-order valence-electron chi connectivity index (χ3n) is 3.70. The fourth-order valence-corrected chi connectivity index (χ4v) is 2.74. The van der Waals surface area contributed by atoms with Gasteiger partial charge in [-0.15, -0.1) is 0 Å². The van der Waals surface area contributed by atoms with Crippen molar-refractivity contribution in [2.75, 3.05) is 32.1 Å². The van der Waals surface area contributed by atoms with Crippen molar-refractivity contribution < 1.29 is 8.78 Å². The highest BCUT2D eigenvalue weighted by atomic mass is 19.1. The molecule has 0 bridgehead atoms. The molecule has 102 valence electrons. The van der Waals surface area contributed by atoms with Gasteiger partial charge in [-0.1, -0.05) is 6.92 Å². The normalized spacial score (nSPS) is 22.9. The molecule has 0 amide bonds. The fourth-order valence-electron chi connectivity index (χ4n) is 2.74. The van der Waals surface area contributed by atoms with Crippen molar-refractivity contribution in [1.29, 1.82) is 5.26 Å². The Morgan fingerprint density at radius 3 is 2.26 bits per heavy atom. The number of hydrogen-bond donors (Lipinski definition) is 0. The molecule has 0 aliphatic carbocycles. The average Bonchev–Trinajstić information content (AvgIpc) is 2.70. The molecule has 0 radical (unpaired) electrons. The van der Waals surface area contributed by atoms with Crippen LogP contribution in [-0.2, 0) is 0 Å². The first-order valence-electron chi connectivity index (χ1n) is 6.24. The van der Waals surface area contributed by atoms with Gasteiger partial charge in [-0.2, -0.15) is 5.26 Å². The molecule has 19 heavy (non-hydrogen) atoms. The summed E-state index contributed by atoms with van der Waals surface area (Å²) in [4.78, 5) is 3.80. The van der Waals surface area contributed by atoms with Crippen LogP contribution < -0.4 is 4.90 Å². The standard InChI is InChI=1S/C14H17F2N3/c1-9-7-19(8-13(9)18(2)3)14-11(15)4-10(6-17)5-12(14)16/h4-5,9,13H,7-8H2,1-3H3. The van der Waals surface area contributed by atoms with Gasteiger partial charge in [-0.05, 0) is 32.1 Å². The van der Waals surface area contributed by atoms with Gasteiger partial charge in [0, 0.05) is 19.1 Å². The van der Waals surface area contributed by atoms with Crippen LogP contribution in [0.3, 0.4) is 0 Å². The van der Waals surface area contributed by atoms with Gasteiger partial charge in [-0.25, -0.2) is 8.78 Å². The molecule has 0 aromatic heterocycles. The molecule has 1 aromatic rings. The first kappa shape index (κ1) is 13.8. The van der Waals surface area contributed by atoms with Gasteiger partial charge in [0.1, 0.15) is 5.69 Å². The van der Waals surface area contributed by atoms with Gasteiger partial charge in [0.05, 0.1) is 11.6 Å². The molecular weight excluding hydrogens is 248 g/mol. The molecule has 1 aliphatic heterocycles. The van der Waals surface area contributed by atoms with Crippen molar-refractivity contribution in [3.05, 3.63) is 29.3 Å². The summed E-state index contributed by atoms with van der Waals surface area (Å²) in [7, 11) is 3.94. The van der Waals surface area contributed by atoms with Crippen LogP contribution in [0.1, 0.15) is 12.5 Å². The summed E-state index contributed by atoms with van der Waals surface area (Å²) in [5, 5.41) is 8.70. The van der Waals surface area contributed by atoms with Crippen LogP contribution >= 0.6 is 0 Å². The molecule has 2 rings (SSSR count). The van der Waals surface area contributed by atoms with E-state index in [4.69, 9.17) is 5.26 Å². The summed E-state index contributed by atoms with van der Waals surface area (Å²) in [6.45, 7) is 3.28. The summed E-state index contributed by atoms with van der Waals surface area (Å²) in [5.41, 5.74) is -0.00893. The summed E-state index contributed by atoms with van der Waals surface area (Å²) in [6.07, 6.45) is 0. The van der Waals surface area contributed by atoms with Crippen LogP contribution in [0.5, 0.6) is 0 Å². The Kier molecular flexibility index (Phi) is 3.72. The number of halogens is 2. The SMILES string of the molecule is CC1CN(c2c(F)cc(C#N)cc2F)CC1N(C)C. The van der Waals surface area contributed by atoms with Crippen LogP contribution in [0, 0.1) is 28.9 Å². The van der Waals surface area contributed by atoms with E-state index in [1.54, 1.807) is 11.0 Å². The summed E-state index contributed by atoms with van der Waals surface area (Å²) < 4.78 is 27.9. The number of rotatable bonds is 2. The van der Waals surface area contributed by atoms with E-state index in [0.717, 1.165) is 12.1 Å². The molecule has 1 aliphatic rings. The number of hydrogen-bond acceptors (Lipinski definition) is 3. The Balaban J connectivity index is 2.32. The van der Waals surface area contributed by atoms with Crippen molar-refractivity contribution in [1.82, 2.24) is 4.90 Å². The van der Waals surface area contributed by atoms with E-state index in [1.807, 2.05) is 14.1 Å². The zero-order chi connectivity index (χ0) is 14.2. The molecule has 1 saturated heterocycles. The van der Waals surface area contributed by atoms with Crippen LogP contribution in [0.4, 0.5) is 14.5 Å². The first-order chi connectivity index (χ1) is 8.93. The molecule has 0 N–H and O–H groups in total. The lowest BCUT2D eigenvalue weighted by Gasteiger charge is -2.23. The lowest BCUT2D eigenvalue weighted by molar-refractivity contribution is 0.266. The minimum atomic E-state index is -0.664. The Morgan fingerprint density at radius 2 is 1.84 bits per heavy atom. The van der Waals surface area contributed by atoms with Crippen molar-refractivity contribution in [2.24, 2.45) is 5.92 Å². The van der Waals surface area contributed by atoms with Crippen molar-refractivity contribution in [3.8, 4) is 6.07 Å². The van der Waals surface area contributed by atoms with E-state index in [-0.39, 0.29) is 17.3 Å². The molecule has 0 saturated carbocycles. The summed E-state index contributed by atoms with van der Waals surface area (Å²) in [6, 6.07) is 4.21. The lowest BCUT2D eigenvalue weighted by Crippen LogP contribution is -2.34. The lowest BCUT2D eigenvalue weighted by atomic mass is 10.1. The fraction of sp³-hybridized carbons (Fsp3) is 0.500. The third kappa shape index (κ3) is 2.54. The molecule has 1 fully saturated rings. The van der Waals surface area contributed by atoms with E-state index in [2.05, 4.69) is 11.8 Å². The highest BCUT2D eigenvalue weighted by Crippen LogP contribution is 2.31. The Hall–Kier alpha value is -1.67. The quantitative estimate of drug-likeness (QED) is 0.821. The number of likely N-dealkylation sites (N-methyl/N-ethyl adjacent to an activating group) is 1. The van der Waals surface area contributed by atoms with E-state index < -0.39 is 11.6 Å². The van der Waals surface area contributed by atoms with Gasteiger partial charge in [0.25, 0.3) is 0 Å². The predicted molar refractivity (Wildman–Crippen MR) is 69.9 cm³/mol. The van der Waals surface area contributed by atoms with Gasteiger partial charge < -0.3 is 9.80 Å². The van der Waals surface area contributed by atoms with Crippen LogP contribution in [-0.4, -0.2) is 38.1 Å². The second-order valence-electron chi connectivity index (χ2n) is 5.31. The Labute approximate surface area is 112 Å². The second-order valence-corrected chi connectivity index (χ2v) is 5.31. The topological polar surface area (TPSA) is 30.3 Å². The zero-order valence-electron chi connectivity index (χ0n) is 11.3. The number of anilines is 1. The van der Waals surface area contributed by atoms with Gasteiger partial charge in [0.15, 0.2) is 11.6 Å². The van der Waals surface area contributed by atoms with E-state index in [9.17, 15) is 8.78 Å². The highest BCUT2D eigenvalue weighted by molar-refractivity contribution is 5.53. The van der Waals surface area contributed by atoms with Crippen molar-refractivity contribution in [2.45, 2.75) is 13.0 Å². The van der Waals surface area contributed by atoms with E-state index in [0.29, 0.717) is 19.0 Å². The predicted octanol–water partition coefficient (Wildman–Crippen LogP) is 2.22. The second kappa shape index (κ2) is 5.14. The molecule has 3 nitrogen and oxygen atoms in total. The molecule has 1 heterocycles. The van der Waals surface area contributed by atoms with Crippen LogP contribution in [0.25, 0.3) is 0 Å². The highest BCUT2D eigenvalue weighted by Gasteiger charge is 2.33. The molecule has 2 atom stereocenters. The maximum absolute atomic E-state index is 14.0. The van der Waals surface area contributed by atoms with Crippen molar-refractivity contribution >= 4 is 5.69 Å². The maximum atomic E-state index is 14.0. The minimum absolute atomic E-state index is 0.00940.